The minimum Gasteiger partial charge on any atom is -0.344 e. The van der Waals surface area contributed by atoms with Crippen LogP contribution in [-0.4, -0.2) is 34.3 Å². The summed E-state index contributed by atoms with van der Waals surface area (Å²) in [4.78, 5) is 12.0. The first kappa shape index (κ1) is 11.1. The first-order chi connectivity index (χ1) is 7.50. The van der Waals surface area contributed by atoms with Crippen LogP contribution in [0.5, 0.6) is 0 Å². The summed E-state index contributed by atoms with van der Waals surface area (Å²) in [5.74, 6) is -0.0469. The molecule has 1 fully saturated rings. The van der Waals surface area contributed by atoms with Crippen molar-refractivity contribution in [3.63, 3.8) is 0 Å². The number of carbonyl (C=O) groups is 1. The van der Waals surface area contributed by atoms with Gasteiger partial charge >= 0.3 is 0 Å². The van der Waals surface area contributed by atoms with Gasteiger partial charge in [-0.1, -0.05) is 0 Å². The van der Waals surface area contributed by atoms with E-state index < -0.39 is 0 Å². The lowest BCUT2D eigenvalue weighted by atomic mass is 10.0. The van der Waals surface area contributed by atoms with Gasteiger partial charge < -0.3 is 10.6 Å². The Kier molecular flexibility index (Phi) is 2.71. The van der Waals surface area contributed by atoms with Crippen molar-refractivity contribution < 1.29 is 4.79 Å². The topological polar surface area (TPSA) is 59.0 Å². The summed E-state index contributed by atoms with van der Waals surface area (Å²) in [6, 6.07) is 1.81. The number of amides is 1. The highest BCUT2D eigenvalue weighted by Crippen LogP contribution is 2.14. The zero-order valence-electron chi connectivity index (χ0n) is 10.0. The lowest BCUT2D eigenvalue weighted by Gasteiger charge is -2.24. The molecule has 2 N–H and O–H groups in total. The number of carbonyl (C=O) groups excluding carboxylic acids is 1. The third-order valence-corrected chi connectivity index (χ3v) is 3.02. The molecule has 1 atom stereocenters. The highest BCUT2D eigenvalue weighted by molar-refractivity contribution is 5.93. The molecule has 1 aromatic rings. The van der Waals surface area contributed by atoms with Gasteiger partial charge in [0.25, 0.3) is 5.91 Å². The van der Waals surface area contributed by atoms with Crippen LogP contribution in [0.4, 0.5) is 0 Å². The van der Waals surface area contributed by atoms with Crippen molar-refractivity contribution >= 4 is 5.91 Å². The lowest BCUT2D eigenvalue weighted by Crippen LogP contribution is -2.47. The van der Waals surface area contributed by atoms with Gasteiger partial charge in [0.1, 0.15) is 5.69 Å². The van der Waals surface area contributed by atoms with Gasteiger partial charge in [0.05, 0.1) is 11.2 Å². The van der Waals surface area contributed by atoms with Crippen LogP contribution in [0, 0.1) is 6.92 Å². The Morgan fingerprint density at radius 2 is 2.44 bits per heavy atom. The van der Waals surface area contributed by atoms with E-state index in [0.717, 1.165) is 25.2 Å². The van der Waals surface area contributed by atoms with E-state index in [-0.39, 0.29) is 11.4 Å². The first-order valence-corrected chi connectivity index (χ1v) is 5.54. The molecule has 88 valence electrons. The maximum absolute atomic E-state index is 12.0. The second-order valence-electron chi connectivity index (χ2n) is 4.74. The summed E-state index contributed by atoms with van der Waals surface area (Å²) in [6.45, 7) is 5.74. The largest absolute Gasteiger partial charge is 0.344 e. The molecule has 1 aromatic heterocycles. The zero-order valence-corrected chi connectivity index (χ0v) is 10.0. The molecule has 5 nitrogen and oxygen atoms in total. The fraction of sp³-hybridized carbons (Fsp3) is 0.636. The smallest absolute Gasteiger partial charge is 0.270 e. The van der Waals surface area contributed by atoms with Gasteiger partial charge in [-0.25, -0.2) is 0 Å². The van der Waals surface area contributed by atoms with Crippen molar-refractivity contribution in [3.05, 3.63) is 17.5 Å². The molecule has 0 aromatic carbocycles. The fourth-order valence-corrected chi connectivity index (χ4v) is 2.08. The molecule has 1 amide bonds. The summed E-state index contributed by atoms with van der Waals surface area (Å²) in [7, 11) is 1.79. The number of hydrogen-bond donors (Lipinski definition) is 2. The molecule has 0 radical (unpaired) electrons. The van der Waals surface area contributed by atoms with Gasteiger partial charge in [-0.05, 0) is 32.9 Å². The van der Waals surface area contributed by atoms with Crippen molar-refractivity contribution in [1.82, 2.24) is 20.4 Å². The number of rotatable bonds is 2. The highest BCUT2D eigenvalue weighted by atomic mass is 16.2. The van der Waals surface area contributed by atoms with Crippen LogP contribution in [0.2, 0.25) is 0 Å². The number of nitrogens with zero attached hydrogens (tertiary/aromatic N) is 2. The number of hydrogen-bond acceptors (Lipinski definition) is 3. The second-order valence-corrected chi connectivity index (χ2v) is 4.74. The highest BCUT2D eigenvalue weighted by Gasteiger charge is 2.31. The van der Waals surface area contributed by atoms with E-state index in [1.807, 2.05) is 6.92 Å². The molecule has 0 spiro atoms. The Morgan fingerprint density at radius 1 is 1.69 bits per heavy atom. The maximum Gasteiger partial charge on any atom is 0.270 e. The molecule has 1 unspecified atom stereocenters. The van der Waals surface area contributed by atoms with Crippen molar-refractivity contribution in [2.75, 3.05) is 13.1 Å². The van der Waals surface area contributed by atoms with Gasteiger partial charge in [0.15, 0.2) is 0 Å². The van der Waals surface area contributed by atoms with Crippen LogP contribution < -0.4 is 10.6 Å². The van der Waals surface area contributed by atoms with Crippen LogP contribution in [0.3, 0.4) is 0 Å². The van der Waals surface area contributed by atoms with Gasteiger partial charge in [0.2, 0.25) is 0 Å². The van der Waals surface area contributed by atoms with E-state index in [2.05, 4.69) is 22.7 Å². The van der Waals surface area contributed by atoms with E-state index in [1.165, 1.54) is 0 Å². The summed E-state index contributed by atoms with van der Waals surface area (Å²) < 4.78 is 1.62. The van der Waals surface area contributed by atoms with Crippen LogP contribution in [-0.2, 0) is 7.05 Å². The predicted octanol–water partition coefficient (Wildman–Crippen LogP) is 0.210. The van der Waals surface area contributed by atoms with E-state index in [1.54, 1.807) is 17.8 Å². The Balaban J connectivity index is 2.11. The van der Waals surface area contributed by atoms with Crippen molar-refractivity contribution in [2.45, 2.75) is 25.8 Å². The number of aromatic nitrogens is 2. The van der Waals surface area contributed by atoms with E-state index in [9.17, 15) is 4.79 Å². The minimum atomic E-state index is -0.130. The minimum absolute atomic E-state index is 0.0469. The SMILES string of the molecule is Cc1cc(C(=O)NC2(C)CCNC2)n(C)n1. The Bertz CT molecular complexity index is 404. The van der Waals surface area contributed by atoms with Crippen LogP contribution in [0.15, 0.2) is 6.07 Å². The van der Waals surface area contributed by atoms with Crippen molar-refractivity contribution in [3.8, 4) is 0 Å². The van der Waals surface area contributed by atoms with E-state index >= 15 is 0 Å². The van der Waals surface area contributed by atoms with Crippen LogP contribution in [0.1, 0.15) is 29.5 Å². The van der Waals surface area contributed by atoms with Gasteiger partial charge in [-0.2, -0.15) is 5.10 Å². The Labute approximate surface area is 95.2 Å². The summed E-state index contributed by atoms with van der Waals surface area (Å²) in [5, 5.41) is 10.5. The molecule has 1 aliphatic rings. The van der Waals surface area contributed by atoms with Crippen molar-refractivity contribution in [2.24, 2.45) is 7.05 Å². The molecule has 0 aliphatic carbocycles. The first-order valence-electron chi connectivity index (χ1n) is 5.54. The van der Waals surface area contributed by atoms with Crippen LogP contribution >= 0.6 is 0 Å². The average Bonchev–Trinajstić information content (AvgIpc) is 2.73. The molecule has 0 bridgehead atoms. The van der Waals surface area contributed by atoms with Gasteiger partial charge in [-0.3, -0.25) is 9.48 Å². The molecule has 2 rings (SSSR count). The number of nitrogens with one attached hydrogen (secondary N) is 2. The quantitative estimate of drug-likeness (QED) is 0.752. The fourth-order valence-electron chi connectivity index (χ4n) is 2.08. The molecule has 2 heterocycles. The third-order valence-electron chi connectivity index (χ3n) is 3.02. The second kappa shape index (κ2) is 3.90. The summed E-state index contributed by atoms with van der Waals surface area (Å²) in [6.07, 6.45) is 0.968. The molecule has 1 aliphatic heterocycles. The van der Waals surface area contributed by atoms with E-state index in [4.69, 9.17) is 0 Å². The maximum atomic E-state index is 12.0. The lowest BCUT2D eigenvalue weighted by molar-refractivity contribution is 0.0903. The molecule has 0 saturated carbocycles. The third kappa shape index (κ3) is 2.09. The molecule has 1 saturated heterocycles. The number of aryl methyl sites for hydroxylation is 2. The summed E-state index contributed by atoms with van der Waals surface area (Å²) in [5.41, 5.74) is 1.35. The molecular formula is C11H18N4O. The molecular weight excluding hydrogens is 204 g/mol. The van der Waals surface area contributed by atoms with Crippen LogP contribution in [0.25, 0.3) is 0 Å². The Hall–Kier alpha value is -1.36. The standard InChI is InChI=1S/C11H18N4O/c1-8-6-9(15(3)14-8)10(16)13-11(2)4-5-12-7-11/h6,12H,4-5,7H2,1-3H3,(H,13,16). The average molecular weight is 222 g/mol. The van der Waals surface area contributed by atoms with Gasteiger partial charge in [0, 0.05) is 13.6 Å². The van der Waals surface area contributed by atoms with E-state index in [0.29, 0.717) is 5.69 Å². The molecule has 16 heavy (non-hydrogen) atoms. The predicted molar refractivity (Wildman–Crippen MR) is 61.3 cm³/mol. The monoisotopic (exact) mass is 222 g/mol. The Morgan fingerprint density at radius 3 is 2.94 bits per heavy atom. The molecule has 5 heteroatoms. The summed E-state index contributed by atoms with van der Waals surface area (Å²) >= 11 is 0. The normalized spacial score (nSPS) is 24.7. The zero-order chi connectivity index (χ0) is 11.8. The van der Waals surface area contributed by atoms with Crippen molar-refractivity contribution in [1.29, 1.82) is 0 Å². The van der Waals surface area contributed by atoms with Gasteiger partial charge in [-0.15, -0.1) is 0 Å².